The van der Waals surface area contributed by atoms with Crippen molar-refractivity contribution in [2.24, 2.45) is 0 Å². The van der Waals surface area contributed by atoms with Crippen molar-refractivity contribution in [3.63, 3.8) is 0 Å². The molecule has 1 unspecified atom stereocenters. The highest BCUT2D eigenvalue weighted by Crippen LogP contribution is 2.02. The van der Waals surface area contributed by atoms with Crippen LogP contribution in [0.1, 0.15) is 17.4 Å². The van der Waals surface area contributed by atoms with E-state index in [1.54, 1.807) is 6.92 Å². The molecule has 1 aromatic heterocycles. The average molecular weight is 242 g/mol. The van der Waals surface area contributed by atoms with E-state index in [-0.39, 0.29) is 12.2 Å². The molecule has 0 aromatic carbocycles. The summed E-state index contributed by atoms with van der Waals surface area (Å²) in [5, 5.41) is 12.5. The number of H-pyrrole nitrogens is 2. The molecule has 0 saturated carbocycles. The van der Waals surface area contributed by atoms with Crippen LogP contribution in [0.25, 0.3) is 0 Å². The lowest BCUT2D eigenvalue weighted by molar-refractivity contribution is 0.0325. The summed E-state index contributed by atoms with van der Waals surface area (Å²) >= 11 is 0. The zero-order valence-electron chi connectivity index (χ0n) is 10.2. The fourth-order valence-electron chi connectivity index (χ4n) is 1.56. The van der Waals surface area contributed by atoms with Gasteiger partial charge in [-0.3, -0.25) is 4.79 Å². The van der Waals surface area contributed by atoms with E-state index >= 15 is 0 Å². The molecule has 1 atom stereocenters. The fourth-order valence-corrected chi connectivity index (χ4v) is 1.56. The minimum Gasteiger partial charge on any atom is -0.387 e. The highest BCUT2D eigenvalue weighted by molar-refractivity contribution is 5.91. The molecule has 0 fully saturated rings. The first-order valence-electron chi connectivity index (χ1n) is 5.23. The van der Waals surface area contributed by atoms with Crippen molar-refractivity contribution in [1.29, 1.82) is 0 Å². The molecule has 7 nitrogen and oxygen atoms in total. The van der Waals surface area contributed by atoms with Gasteiger partial charge in [0.25, 0.3) is 5.91 Å². The van der Waals surface area contributed by atoms with E-state index in [4.69, 9.17) is 0 Å². The van der Waals surface area contributed by atoms with Gasteiger partial charge in [0.2, 0.25) is 0 Å². The molecule has 1 amide bonds. The number of nitrogens with zero attached hydrogens (tertiary/aromatic N) is 1. The van der Waals surface area contributed by atoms with Gasteiger partial charge in [-0.25, -0.2) is 4.79 Å². The van der Waals surface area contributed by atoms with Gasteiger partial charge in [-0.15, -0.1) is 0 Å². The van der Waals surface area contributed by atoms with Crippen LogP contribution in [0.2, 0.25) is 0 Å². The number of aromatic nitrogens is 2. The molecule has 0 radical (unpaired) electrons. The van der Waals surface area contributed by atoms with E-state index < -0.39 is 17.2 Å². The summed E-state index contributed by atoms with van der Waals surface area (Å²) in [5.41, 5.74) is -1.30. The van der Waals surface area contributed by atoms with Crippen LogP contribution in [0.3, 0.4) is 0 Å². The quantitative estimate of drug-likeness (QED) is 0.518. The topological polar surface area (TPSA) is 101 Å². The maximum absolute atomic E-state index is 11.6. The van der Waals surface area contributed by atoms with Gasteiger partial charge >= 0.3 is 5.69 Å². The minimum atomic E-state index is -1.02. The Hall–Kier alpha value is -1.60. The molecule has 1 rings (SSSR count). The molecule has 0 bridgehead atoms. The number of aliphatic hydroxyl groups is 1. The summed E-state index contributed by atoms with van der Waals surface area (Å²) in [6.45, 7) is 2.17. The Balaban J connectivity index is 2.51. The number of carbonyl (C=O) groups is 1. The third-order valence-electron chi connectivity index (χ3n) is 2.13. The summed E-state index contributed by atoms with van der Waals surface area (Å²) < 4.78 is 0. The first-order chi connectivity index (χ1) is 7.80. The van der Waals surface area contributed by atoms with Crippen LogP contribution < -0.4 is 11.0 Å². The van der Waals surface area contributed by atoms with E-state index in [2.05, 4.69) is 15.3 Å². The van der Waals surface area contributed by atoms with Crippen LogP contribution in [-0.4, -0.2) is 58.7 Å². The van der Waals surface area contributed by atoms with Crippen LogP contribution in [0.4, 0.5) is 0 Å². The Morgan fingerprint density at radius 3 is 2.71 bits per heavy atom. The van der Waals surface area contributed by atoms with E-state index in [1.165, 1.54) is 6.20 Å². The number of aromatic amines is 2. The van der Waals surface area contributed by atoms with Crippen LogP contribution in [0.15, 0.2) is 11.0 Å². The van der Waals surface area contributed by atoms with Gasteiger partial charge in [0.1, 0.15) is 5.69 Å². The second kappa shape index (κ2) is 5.15. The lowest BCUT2D eigenvalue weighted by atomic mass is 10.1. The Bertz CT molecular complexity index is 433. The maximum atomic E-state index is 11.6. The SMILES string of the molecule is CN(C)CC(C)(O)CNC(=O)c1c[nH]c(=O)[nH]1. The lowest BCUT2D eigenvalue weighted by Crippen LogP contribution is -2.47. The number of hydrogen-bond acceptors (Lipinski definition) is 4. The normalized spacial score (nSPS) is 14.6. The van der Waals surface area contributed by atoms with Crippen molar-refractivity contribution in [2.75, 3.05) is 27.2 Å². The Kier molecular flexibility index (Phi) is 4.08. The number of nitrogens with one attached hydrogen (secondary N) is 3. The molecule has 0 aliphatic rings. The smallest absolute Gasteiger partial charge is 0.323 e. The largest absolute Gasteiger partial charge is 0.387 e. The first kappa shape index (κ1) is 13.5. The fraction of sp³-hybridized carbons (Fsp3) is 0.600. The highest BCUT2D eigenvalue weighted by atomic mass is 16.3. The van der Waals surface area contributed by atoms with Gasteiger partial charge < -0.3 is 25.3 Å². The second-order valence-electron chi connectivity index (χ2n) is 4.57. The van der Waals surface area contributed by atoms with Crippen molar-refractivity contribution in [2.45, 2.75) is 12.5 Å². The lowest BCUT2D eigenvalue weighted by Gasteiger charge is -2.26. The molecule has 4 N–H and O–H groups in total. The molecular formula is C10H18N4O3. The Labute approximate surface area is 98.8 Å². The van der Waals surface area contributed by atoms with Crippen LogP contribution in [0.5, 0.6) is 0 Å². The van der Waals surface area contributed by atoms with Gasteiger partial charge in [0, 0.05) is 19.3 Å². The standard InChI is InChI=1S/C10H18N4O3/c1-10(17,6-14(2)3)5-12-8(15)7-4-11-9(16)13-7/h4,17H,5-6H2,1-3H3,(H,12,15)(H2,11,13,16). The van der Waals surface area contributed by atoms with E-state index in [1.807, 2.05) is 19.0 Å². The third-order valence-corrected chi connectivity index (χ3v) is 2.13. The van der Waals surface area contributed by atoms with Crippen LogP contribution in [-0.2, 0) is 0 Å². The van der Waals surface area contributed by atoms with Gasteiger partial charge in [0.05, 0.1) is 5.60 Å². The summed E-state index contributed by atoms with van der Waals surface area (Å²) in [6.07, 6.45) is 1.29. The summed E-state index contributed by atoms with van der Waals surface area (Å²) in [7, 11) is 3.67. The van der Waals surface area contributed by atoms with Gasteiger partial charge in [-0.1, -0.05) is 0 Å². The van der Waals surface area contributed by atoms with Crippen molar-refractivity contribution in [3.05, 3.63) is 22.4 Å². The molecule has 0 spiro atoms. The van der Waals surface area contributed by atoms with E-state index in [0.29, 0.717) is 6.54 Å². The number of hydrogen-bond donors (Lipinski definition) is 4. The Morgan fingerprint density at radius 2 is 2.24 bits per heavy atom. The second-order valence-corrected chi connectivity index (χ2v) is 4.57. The first-order valence-corrected chi connectivity index (χ1v) is 5.23. The Morgan fingerprint density at radius 1 is 1.59 bits per heavy atom. The van der Waals surface area contributed by atoms with E-state index in [9.17, 15) is 14.7 Å². The zero-order chi connectivity index (χ0) is 13.1. The van der Waals surface area contributed by atoms with Crippen molar-refractivity contribution < 1.29 is 9.90 Å². The summed E-state index contributed by atoms with van der Waals surface area (Å²) in [4.78, 5) is 28.9. The van der Waals surface area contributed by atoms with Gasteiger partial charge in [0.15, 0.2) is 0 Å². The predicted molar refractivity (Wildman–Crippen MR) is 62.9 cm³/mol. The number of carbonyl (C=O) groups excluding carboxylic acids is 1. The number of rotatable bonds is 5. The van der Waals surface area contributed by atoms with Gasteiger partial charge in [-0.05, 0) is 21.0 Å². The molecule has 0 saturated heterocycles. The number of likely N-dealkylation sites (N-methyl/N-ethyl adjacent to an activating group) is 1. The summed E-state index contributed by atoms with van der Waals surface area (Å²) in [6, 6.07) is 0. The highest BCUT2D eigenvalue weighted by Gasteiger charge is 2.22. The minimum absolute atomic E-state index is 0.108. The molecular weight excluding hydrogens is 224 g/mol. The van der Waals surface area contributed by atoms with Crippen LogP contribution in [0, 0.1) is 0 Å². The summed E-state index contributed by atoms with van der Waals surface area (Å²) in [5.74, 6) is -0.428. The number of amides is 1. The van der Waals surface area contributed by atoms with Gasteiger partial charge in [-0.2, -0.15) is 0 Å². The van der Waals surface area contributed by atoms with E-state index in [0.717, 1.165) is 0 Å². The predicted octanol–water partition coefficient (Wildman–Crippen LogP) is -1.25. The maximum Gasteiger partial charge on any atom is 0.323 e. The molecule has 0 aliphatic carbocycles. The molecule has 7 heteroatoms. The molecule has 0 aliphatic heterocycles. The zero-order valence-corrected chi connectivity index (χ0v) is 10.2. The van der Waals surface area contributed by atoms with Crippen LogP contribution >= 0.6 is 0 Å². The molecule has 96 valence electrons. The van der Waals surface area contributed by atoms with Crippen molar-refractivity contribution in [3.8, 4) is 0 Å². The third kappa shape index (κ3) is 4.41. The molecule has 1 aromatic rings. The average Bonchev–Trinajstić information content (AvgIpc) is 2.59. The van der Waals surface area contributed by atoms with Crippen molar-refractivity contribution in [1.82, 2.24) is 20.2 Å². The molecule has 17 heavy (non-hydrogen) atoms. The number of imidazole rings is 1. The monoisotopic (exact) mass is 242 g/mol. The molecule has 1 heterocycles. The van der Waals surface area contributed by atoms with Crippen molar-refractivity contribution >= 4 is 5.91 Å².